The number of sulfonamides is 1. The highest BCUT2D eigenvalue weighted by molar-refractivity contribution is 7.89. The van der Waals surface area contributed by atoms with E-state index in [-0.39, 0.29) is 37.1 Å². The van der Waals surface area contributed by atoms with Crippen molar-refractivity contribution in [2.24, 2.45) is 0 Å². The van der Waals surface area contributed by atoms with E-state index >= 15 is 0 Å². The maximum atomic E-state index is 12.8. The lowest BCUT2D eigenvalue weighted by atomic mass is 10.2. The predicted molar refractivity (Wildman–Crippen MR) is 110 cm³/mol. The van der Waals surface area contributed by atoms with Crippen molar-refractivity contribution in [1.29, 1.82) is 0 Å². The first-order valence-corrected chi connectivity index (χ1v) is 10.6. The summed E-state index contributed by atoms with van der Waals surface area (Å²) in [5.74, 6) is 0.969. The number of carbonyl (C=O) groups excluding carboxylic acids is 1. The fourth-order valence-electron chi connectivity index (χ4n) is 3.15. The number of nitrogens with zero attached hydrogens (tertiary/aromatic N) is 2. The van der Waals surface area contributed by atoms with Crippen LogP contribution in [0.4, 0.5) is 10.5 Å². The van der Waals surface area contributed by atoms with Crippen molar-refractivity contribution in [3.63, 3.8) is 0 Å². The number of carbonyl (C=O) groups is 1. The van der Waals surface area contributed by atoms with Crippen molar-refractivity contribution in [2.45, 2.75) is 11.8 Å². The van der Waals surface area contributed by atoms with Gasteiger partial charge in [-0.2, -0.15) is 4.31 Å². The zero-order chi connectivity index (χ0) is 21.0. The molecule has 29 heavy (non-hydrogen) atoms. The topological polar surface area (TPSA) is 88.2 Å². The molecule has 9 heteroatoms. The third-order valence-electron chi connectivity index (χ3n) is 4.84. The predicted octanol–water partition coefficient (Wildman–Crippen LogP) is 2.55. The molecule has 0 spiro atoms. The molecule has 2 aromatic rings. The van der Waals surface area contributed by atoms with Crippen molar-refractivity contribution in [3.8, 4) is 11.5 Å². The maximum absolute atomic E-state index is 12.8. The van der Waals surface area contributed by atoms with Crippen LogP contribution in [-0.2, 0) is 10.0 Å². The number of rotatable bonds is 5. The highest BCUT2D eigenvalue weighted by atomic mass is 32.2. The molecule has 1 fully saturated rings. The number of amides is 2. The van der Waals surface area contributed by atoms with Crippen LogP contribution in [0, 0.1) is 6.92 Å². The van der Waals surface area contributed by atoms with E-state index < -0.39 is 10.0 Å². The largest absolute Gasteiger partial charge is 0.494 e. The molecule has 0 unspecified atom stereocenters. The van der Waals surface area contributed by atoms with Gasteiger partial charge in [0.05, 0.1) is 19.1 Å². The van der Waals surface area contributed by atoms with E-state index in [4.69, 9.17) is 9.47 Å². The fourth-order valence-corrected chi connectivity index (χ4v) is 4.57. The summed E-state index contributed by atoms with van der Waals surface area (Å²) in [4.78, 5) is 14.5. The summed E-state index contributed by atoms with van der Waals surface area (Å²) in [6.45, 7) is 2.94. The number of urea groups is 1. The number of anilines is 1. The highest BCUT2D eigenvalue weighted by Gasteiger charge is 2.30. The van der Waals surface area contributed by atoms with Crippen LogP contribution in [0.5, 0.6) is 11.5 Å². The minimum absolute atomic E-state index is 0.229. The summed E-state index contributed by atoms with van der Waals surface area (Å²) in [6.07, 6.45) is 0. The molecule has 0 radical (unpaired) electrons. The Balaban J connectivity index is 1.67. The van der Waals surface area contributed by atoms with Gasteiger partial charge in [-0.1, -0.05) is 23.8 Å². The maximum Gasteiger partial charge on any atom is 0.322 e. The molecule has 1 saturated heterocycles. The molecule has 0 aliphatic carbocycles. The number of benzene rings is 2. The van der Waals surface area contributed by atoms with Crippen molar-refractivity contribution in [3.05, 3.63) is 48.0 Å². The fraction of sp³-hybridized carbons (Fsp3) is 0.350. The van der Waals surface area contributed by atoms with E-state index in [2.05, 4.69) is 5.32 Å². The lowest BCUT2D eigenvalue weighted by molar-refractivity contribution is 0.184. The van der Waals surface area contributed by atoms with Crippen molar-refractivity contribution < 1.29 is 22.7 Å². The van der Waals surface area contributed by atoms with Gasteiger partial charge in [0.25, 0.3) is 0 Å². The van der Waals surface area contributed by atoms with Crippen LogP contribution >= 0.6 is 0 Å². The summed E-state index contributed by atoms with van der Waals surface area (Å²) in [5, 5.41) is 2.81. The van der Waals surface area contributed by atoms with Gasteiger partial charge < -0.3 is 19.7 Å². The third-order valence-corrected chi connectivity index (χ3v) is 6.76. The Morgan fingerprint density at radius 1 is 0.931 bits per heavy atom. The van der Waals surface area contributed by atoms with Gasteiger partial charge >= 0.3 is 6.03 Å². The first-order chi connectivity index (χ1) is 13.9. The van der Waals surface area contributed by atoms with E-state index in [0.717, 1.165) is 5.56 Å². The van der Waals surface area contributed by atoms with E-state index in [1.807, 2.05) is 6.92 Å². The number of methoxy groups -OCH3 is 2. The average Bonchev–Trinajstić information content (AvgIpc) is 2.74. The molecule has 1 aliphatic rings. The molecule has 156 valence electrons. The molecule has 1 N–H and O–H groups in total. The minimum atomic E-state index is -3.57. The standard InChI is InChI=1S/C20H25N3O5S/c1-15-7-9-16(10-8-15)29(25,26)23-13-11-22(12-14-23)20(24)21-19-17(27-2)5-4-6-18(19)28-3/h4-10H,11-14H2,1-3H3,(H,21,24). The molecule has 1 aliphatic heterocycles. The first-order valence-electron chi connectivity index (χ1n) is 9.20. The van der Waals surface area contributed by atoms with Gasteiger partial charge in [0.2, 0.25) is 10.0 Å². The number of nitrogens with one attached hydrogen (secondary N) is 1. The third kappa shape index (κ3) is 4.46. The molecular weight excluding hydrogens is 394 g/mol. The van der Waals surface area contributed by atoms with Crippen LogP contribution in [0.15, 0.2) is 47.4 Å². The van der Waals surface area contributed by atoms with Gasteiger partial charge in [0.15, 0.2) is 0 Å². The molecule has 1 heterocycles. The number of para-hydroxylation sites is 1. The number of piperazine rings is 1. The van der Waals surface area contributed by atoms with E-state index in [9.17, 15) is 13.2 Å². The quantitative estimate of drug-likeness (QED) is 0.805. The Morgan fingerprint density at radius 3 is 2.00 bits per heavy atom. The SMILES string of the molecule is COc1cccc(OC)c1NC(=O)N1CCN(S(=O)(=O)c2ccc(C)cc2)CC1. The summed E-state index contributed by atoms with van der Waals surface area (Å²) >= 11 is 0. The number of hydrogen-bond donors (Lipinski definition) is 1. The number of aryl methyl sites for hydroxylation is 1. The Labute approximate surface area is 171 Å². The second kappa shape index (κ2) is 8.71. The molecular formula is C20H25N3O5S. The monoisotopic (exact) mass is 419 g/mol. The second-order valence-electron chi connectivity index (χ2n) is 6.67. The van der Waals surface area contributed by atoms with Crippen molar-refractivity contribution in [1.82, 2.24) is 9.21 Å². The lowest BCUT2D eigenvalue weighted by Crippen LogP contribution is -2.51. The van der Waals surface area contributed by atoms with Gasteiger partial charge in [-0.25, -0.2) is 13.2 Å². The van der Waals surface area contributed by atoms with Gasteiger partial charge in [0.1, 0.15) is 17.2 Å². The Morgan fingerprint density at radius 2 is 1.48 bits per heavy atom. The normalized spacial score (nSPS) is 15.1. The lowest BCUT2D eigenvalue weighted by Gasteiger charge is -2.34. The van der Waals surface area contributed by atoms with Crippen LogP contribution in [0.3, 0.4) is 0 Å². The second-order valence-corrected chi connectivity index (χ2v) is 8.61. The molecule has 8 nitrogen and oxygen atoms in total. The van der Waals surface area contributed by atoms with Gasteiger partial charge in [-0.15, -0.1) is 0 Å². The molecule has 2 aromatic carbocycles. The molecule has 3 rings (SSSR count). The van der Waals surface area contributed by atoms with Crippen LogP contribution in [0.1, 0.15) is 5.56 Å². The minimum Gasteiger partial charge on any atom is -0.494 e. The van der Waals surface area contributed by atoms with Crippen LogP contribution in [-0.4, -0.2) is 64.1 Å². The summed E-state index contributed by atoms with van der Waals surface area (Å²) in [5.41, 5.74) is 1.44. The van der Waals surface area contributed by atoms with E-state index in [1.165, 1.54) is 18.5 Å². The zero-order valence-electron chi connectivity index (χ0n) is 16.7. The zero-order valence-corrected chi connectivity index (χ0v) is 17.5. The summed E-state index contributed by atoms with van der Waals surface area (Å²) in [7, 11) is -0.547. The summed E-state index contributed by atoms with van der Waals surface area (Å²) < 4.78 is 37.6. The van der Waals surface area contributed by atoms with Crippen molar-refractivity contribution in [2.75, 3.05) is 45.7 Å². The summed E-state index contributed by atoms with van der Waals surface area (Å²) in [6, 6.07) is 11.7. The molecule has 0 saturated carbocycles. The highest BCUT2D eigenvalue weighted by Crippen LogP contribution is 2.34. The smallest absolute Gasteiger partial charge is 0.322 e. The van der Waals surface area contributed by atoms with E-state index in [0.29, 0.717) is 17.2 Å². The number of ether oxygens (including phenoxy) is 2. The van der Waals surface area contributed by atoms with Gasteiger partial charge in [-0.05, 0) is 31.2 Å². The van der Waals surface area contributed by atoms with Gasteiger partial charge in [0, 0.05) is 26.2 Å². The van der Waals surface area contributed by atoms with Crippen LogP contribution in [0.25, 0.3) is 0 Å². The van der Waals surface area contributed by atoms with Crippen molar-refractivity contribution >= 4 is 21.7 Å². The van der Waals surface area contributed by atoms with Gasteiger partial charge in [-0.3, -0.25) is 0 Å². The molecule has 2 amide bonds. The Kier molecular flexibility index (Phi) is 6.29. The molecule has 0 aromatic heterocycles. The van der Waals surface area contributed by atoms with E-state index in [1.54, 1.807) is 47.4 Å². The molecule has 0 bridgehead atoms. The Bertz CT molecular complexity index is 946. The molecule has 0 atom stereocenters. The average molecular weight is 420 g/mol. The van der Waals surface area contributed by atoms with Crippen LogP contribution < -0.4 is 14.8 Å². The Hall–Kier alpha value is -2.78. The first kappa shape index (κ1) is 20.9. The van der Waals surface area contributed by atoms with Crippen LogP contribution in [0.2, 0.25) is 0 Å². The number of hydrogen-bond acceptors (Lipinski definition) is 5.